The highest BCUT2D eigenvalue weighted by Gasteiger charge is 2.54. The molecule has 0 saturated heterocycles. The second-order valence-corrected chi connectivity index (χ2v) is 10.4. The molecule has 0 aliphatic heterocycles. The maximum atomic E-state index is 11.6. The first-order valence-corrected chi connectivity index (χ1v) is 11.4. The van der Waals surface area contributed by atoms with Crippen molar-refractivity contribution >= 4 is 0 Å². The van der Waals surface area contributed by atoms with Gasteiger partial charge in [-0.05, 0) is 87.6 Å². The third-order valence-corrected chi connectivity index (χ3v) is 7.53. The summed E-state index contributed by atoms with van der Waals surface area (Å²) in [5.41, 5.74) is 2.42. The Hall–Kier alpha value is -1.84. The molecule has 2 unspecified atom stereocenters. The summed E-state index contributed by atoms with van der Waals surface area (Å²) < 4.78 is 5.86. The van der Waals surface area contributed by atoms with Gasteiger partial charge in [-0.2, -0.15) is 0 Å². The summed E-state index contributed by atoms with van der Waals surface area (Å²) in [6, 6.07) is 17.0. The number of fused-ring (bicyclic) bond motifs is 3. The van der Waals surface area contributed by atoms with Gasteiger partial charge in [0.2, 0.25) is 0 Å². The van der Waals surface area contributed by atoms with Crippen molar-refractivity contribution in [2.24, 2.45) is 5.92 Å². The molecule has 3 heteroatoms. The Kier molecular flexibility index (Phi) is 5.48. The maximum absolute atomic E-state index is 11.6. The van der Waals surface area contributed by atoms with Crippen molar-refractivity contribution in [2.75, 3.05) is 6.61 Å². The third-order valence-electron chi connectivity index (χ3n) is 7.53. The molecule has 3 nitrogen and oxygen atoms in total. The lowest BCUT2D eigenvalue weighted by Gasteiger charge is -2.56. The van der Waals surface area contributed by atoms with E-state index in [2.05, 4.69) is 43.3 Å². The van der Waals surface area contributed by atoms with Gasteiger partial charge in [-0.1, -0.05) is 43.3 Å². The van der Waals surface area contributed by atoms with Gasteiger partial charge in [-0.3, -0.25) is 0 Å². The molecule has 1 saturated carbocycles. The van der Waals surface area contributed by atoms with Gasteiger partial charge < -0.3 is 14.9 Å². The number of ether oxygens (including phenoxy) is 1. The van der Waals surface area contributed by atoms with Crippen LogP contribution in [0.3, 0.4) is 0 Å². The number of hydrogen-bond donors (Lipinski definition) is 2. The quantitative estimate of drug-likeness (QED) is 0.699. The normalized spacial score (nSPS) is 31.0. The van der Waals surface area contributed by atoms with E-state index in [1.165, 1.54) is 16.7 Å². The molecule has 0 amide bonds. The molecule has 2 N–H and O–H groups in total. The van der Waals surface area contributed by atoms with Gasteiger partial charge in [0.05, 0.1) is 11.2 Å². The van der Waals surface area contributed by atoms with Gasteiger partial charge in [0, 0.05) is 11.3 Å². The van der Waals surface area contributed by atoms with Crippen LogP contribution >= 0.6 is 0 Å². The first-order valence-electron chi connectivity index (χ1n) is 11.4. The van der Waals surface area contributed by atoms with Gasteiger partial charge in [0.25, 0.3) is 0 Å². The van der Waals surface area contributed by atoms with Gasteiger partial charge in [0.15, 0.2) is 0 Å². The van der Waals surface area contributed by atoms with Crippen molar-refractivity contribution < 1.29 is 14.9 Å². The highest BCUT2D eigenvalue weighted by molar-refractivity contribution is 5.44. The van der Waals surface area contributed by atoms with E-state index in [1.807, 2.05) is 19.1 Å². The van der Waals surface area contributed by atoms with E-state index in [1.54, 1.807) is 13.8 Å². The first-order chi connectivity index (χ1) is 14.1. The Labute approximate surface area is 181 Å². The standard InChI is InChI=1S/C27H36O3/c1-5-27-17-26(4,29)24(19-9-7-6-8-10-19)16-21(27)12-11-20-15-22(13-14-23(20)27)30-18-25(2,3)28/h6-10,13-15,21,24,28-29H,5,11-12,16-18H2,1-4H3/t21?,24-,26+,27?/m0/s1. The van der Waals surface area contributed by atoms with Crippen LogP contribution in [0.5, 0.6) is 5.75 Å². The molecule has 2 aliphatic rings. The highest BCUT2D eigenvalue weighted by Crippen LogP contribution is 2.58. The summed E-state index contributed by atoms with van der Waals surface area (Å²) in [7, 11) is 0. The number of rotatable bonds is 5. The fourth-order valence-electron chi connectivity index (χ4n) is 6.11. The number of aryl methyl sites for hydroxylation is 1. The van der Waals surface area contributed by atoms with Crippen molar-refractivity contribution in [3.8, 4) is 5.75 Å². The number of benzene rings is 2. The van der Waals surface area contributed by atoms with Crippen LogP contribution in [0.1, 0.15) is 76.0 Å². The van der Waals surface area contributed by atoms with E-state index >= 15 is 0 Å². The molecule has 162 valence electrons. The summed E-state index contributed by atoms with van der Waals surface area (Å²) in [5, 5.41) is 21.6. The zero-order valence-electron chi connectivity index (χ0n) is 18.8. The molecule has 0 aromatic heterocycles. The monoisotopic (exact) mass is 408 g/mol. The van der Waals surface area contributed by atoms with Crippen molar-refractivity contribution in [3.05, 3.63) is 65.2 Å². The number of hydrogen-bond acceptors (Lipinski definition) is 3. The van der Waals surface area contributed by atoms with Crippen LogP contribution in [0.15, 0.2) is 48.5 Å². The average Bonchev–Trinajstić information content (AvgIpc) is 2.71. The Morgan fingerprint density at radius 1 is 1.13 bits per heavy atom. The van der Waals surface area contributed by atoms with E-state index < -0.39 is 11.2 Å². The lowest BCUT2D eigenvalue weighted by molar-refractivity contribution is -0.0596. The second-order valence-electron chi connectivity index (χ2n) is 10.4. The average molecular weight is 409 g/mol. The molecule has 0 radical (unpaired) electrons. The molecule has 0 heterocycles. The molecule has 30 heavy (non-hydrogen) atoms. The SMILES string of the molecule is CCC12C[C@@](C)(O)[C@H](c3ccccc3)CC1CCc1cc(OCC(C)(C)O)ccc12. The zero-order chi connectivity index (χ0) is 21.6. The second kappa shape index (κ2) is 7.69. The predicted octanol–water partition coefficient (Wildman–Crippen LogP) is 5.38. The summed E-state index contributed by atoms with van der Waals surface area (Å²) >= 11 is 0. The van der Waals surface area contributed by atoms with Crippen LogP contribution in [-0.2, 0) is 11.8 Å². The Morgan fingerprint density at radius 3 is 2.53 bits per heavy atom. The fourth-order valence-corrected chi connectivity index (χ4v) is 6.11. The molecular formula is C27H36O3. The highest BCUT2D eigenvalue weighted by atomic mass is 16.5. The van der Waals surface area contributed by atoms with Crippen molar-refractivity contribution in [2.45, 2.75) is 82.3 Å². The molecule has 0 bridgehead atoms. The van der Waals surface area contributed by atoms with Crippen LogP contribution < -0.4 is 4.74 Å². The van der Waals surface area contributed by atoms with E-state index in [0.29, 0.717) is 5.92 Å². The number of aliphatic hydroxyl groups is 2. The fraction of sp³-hybridized carbons (Fsp3) is 0.556. The van der Waals surface area contributed by atoms with Gasteiger partial charge in [-0.25, -0.2) is 0 Å². The van der Waals surface area contributed by atoms with Gasteiger partial charge in [0.1, 0.15) is 12.4 Å². The molecule has 2 aromatic carbocycles. The van der Waals surface area contributed by atoms with Gasteiger partial charge in [-0.15, -0.1) is 0 Å². The smallest absolute Gasteiger partial charge is 0.119 e. The lowest BCUT2D eigenvalue weighted by atomic mass is 9.50. The minimum Gasteiger partial charge on any atom is -0.491 e. The van der Waals surface area contributed by atoms with Crippen LogP contribution in [0.2, 0.25) is 0 Å². The van der Waals surface area contributed by atoms with Crippen LogP contribution in [-0.4, -0.2) is 28.0 Å². The summed E-state index contributed by atoms with van der Waals surface area (Å²) in [6.45, 7) is 8.11. The van der Waals surface area contributed by atoms with Crippen LogP contribution in [0.4, 0.5) is 0 Å². The van der Waals surface area contributed by atoms with Crippen LogP contribution in [0.25, 0.3) is 0 Å². The van der Waals surface area contributed by atoms with Crippen molar-refractivity contribution in [1.29, 1.82) is 0 Å². The molecule has 4 rings (SSSR count). The molecule has 2 aromatic rings. The molecular weight excluding hydrogens is 372 g/mol. The lowest BCUT2D eigenvalue weighted by Crippen LogP contribution is -2.53. The topological polar surface area (TPSA) is 49.7 Å². The van der Waals surface area contributed by atoms with Gasteiger partial charge >= 0.3 is 0 Å². The van der Waals surface area contributed by atoms with Crippen molar-refractivity contribution in [1.82, 2.24) is 0 Å². The maximum Gasteiger partial charge on any atom is 0.119 e. The first kappa shape index (κ1) is 21.4. The Bertz CT molecular complexity index is 881. The molecule has 1 fully saturated rings. The summed E-state index contributed by atoms with van der Waals surface area (Å²) in [6.07, 6.45) is 5.05. The van der Waals surface area contributed by atoms with Crippen molar-refractivity contribution in [3.63, 3.8) is 0 Å². The van der Waals surface area contributed by atoms with E-state index in [4.69, 9.17) is 4.74 Å². The Balaban J connectivity index is 1.66. The minimum atomic E-state index is -0.847. The predicted molar refractivity (Wildman–Crippen MR) is 121 cm³/mol. The largest absolute Gasteiger partial charge is 0.491 e. The Morgan fingerprint density at radius 2 is 1.87 bits per heavy atom. The van der Waals surface area contributed by atoms with E-state index in [-0.39, 0.29) is 17.9 Å². The zero-order valence-corrected chi connectivity index (χ0v) is 18.8. The van der Waals surface area contributed by atoms with Crippen LogP contribution in [0, 0.1) is 5.92 Å². The summed E-state index contributed by atoms with van der Waals surface area (Å²) in [4.78, 5) is 0. The molecule has 4 atom stereocenters. The van der Waals surface area contributed by atoms with E-state index in [0.717, 1.165) is 37.9 Å². The van der Waals surface area contributed by atoms with E-state index in [9.17, 15) is 10.2 Å². The minimum absolute atomic E-state index is 0.0111. The third kappa shape index (κ3) is 3.90. The molecule has 0 spiro atoms. The summed E-state index contributed by atoms with van der Waals surface area (Å²) in [5.74, 6) is 1.58. The molecule has 2 aliphatic carbocycles.